The molecule has 2 heteroatoms. The van der Waals surface area contributed by atoms with Gasteiger partial charge in [-0.2, -0.15) is 11.8 Å². The number of hydrogen-bond acceptors (Lipinski definition) is 2. The molecule has 0 aliphatic carbocycles. The van der Waals surface area contributed by atoms with Crippen LogP contribution in [0.5, 0.6) is 0 Å². The van der Waals surface area contributed by atoms with E-state index in [9.17, 15) is 0 Å². The van der Waals surface area contributed by atoms with Gasteiger partial charge in [0.05, 0.1) is 0 Å². The average molecular weight is 203 g/mol. The van der Waals surface area contributed by atoms with Crippen LogP contribution in [0.15, 0.2) is 0 Å². The molecule has 0 amide bonds. The molecular weight excluding hydrogens is 178 g/mol. The molecule has 0 saturated carbocycles. The van der Waals surface area contributed by atoms with Crippen molar-refractivity contribution in [1.29, 1.82) is 0 Å². The zero-order valence-corrected chi connectivity index (χ0v) is 10.3. The maximum absolute atomic E-state index is 3.50. The first-order chi connectivity index (χ1) is 6.31. The van der Waals surface area contributed by atoms with Crippen LogP contribution in [0.2, 0.25) is 0 Å². The Morgan fingerprint density at radius 2 is 1.92 bits per heavy atom. The van der Waals surface area contributed by atoms with Crippen LogP contribution in [-0.2, 0) is 0 Å². The summed E-state index contributed by atoms with van der Waals surface area (Å²) in [4.78, 5) is 0. The highest BCUT2D eigenvalue weighted by molar-refractivity contribution is 7.99. The van der Waals surface area contributed by atoms with Crippen molar-refractivity contribution in [2.45, 2.75) is 52.5 Å². The van der Waals surface area contributed by atoms with Gasteiger partial charge in [0.1, 0.15) is 0 Å². The highest BCUT2D eigenvalue weighted by atomic mass is 32.2. The zero-order valence-electron chi connectivity index (χ0n) is 9.44. The summed E-state index contributed by atoms with van der Waals surface area (Å²) in [5, 5.41) is 3.50. The molecular formula is C11H25NS. The van der Waals surface area contributed by atoms with Gasteiger partial charge >= 0.3 is 0 Å². The molecule has 0 bridgehead atoms. The van der Waals surface area contributed by atoms with Crippen LogP contribution in [0, 0.1) is 0 Å². The van der Waals surface area contributed by atoms with Crippen molar-refractivity contribution >= 4 is 11.8 Å². The Labute approximate surface area is 88.1 Å². The lowest BCUT2D eigenvalue weighted by Crippen LogP contribution is -2.28. The summed E-state index contributed by atoms with van der Waals surface area (Å²) in [7, 11) is 0. The van der Waals surface area contributed by atoms with E-state index in [1.165, 1.54) is 37.2 Å². The van der Waals surface area contributed by atoms with Gasteiger partial charge in [0.15, 0.2) is 0 Å². The van der Waals surface area contributed by atoms with Gasteiger partial charge in [-0.1, -0.05) is 26.7 Å². The predicted molar refractivity (Wildman–Crippen MR) is 64.6 cm³/mol. The fourth-order valence-electron chi connectivity index (χ4n) is 1.16. The summed E-state index contributed by atoms with van der Waals surface area (Å²) in [5.74, 6) is 2.61. The number of thioether (sulfide) groups is 1. The Morgan fingerprint density at radius 3 is 2.54 bits per heavy atom. The Bertz CT molecular complexity index is 96.1. The second-order valence-corrected chi connectivity index (χ2v) is 4.79. The van der Waals surface area contributed by atoms with Gasteiger partial charge in [0.2, 0.25) is 0 Å². The van der Waals surface area contributed by atoms with Crippen LogP contribution < -0.4 is 5.32 Å². The van der Waals surface area contributed by atoms with E-state index in [0.29, 0.717) is 6.04 Å². The van der Waals surface area contributed by atoms with Crippen LogP contribution in [-0.4, -0.2) is 24.1 Å². The first kappa shape index (κ1) is 13.3. The van der Waals surface area contributed by atoms with E-state index < -0.39 is 0 Å². The van der Waals surface area contributed by atoms with Crippen molar-refractivity contribution in [2.75, 3.05) is 18.1 Å². The van der Waals surface area contributed by atoms with Gasteiger partial charge in [0, 0.05) is 11.8 Å². The van der Waals surface area contributed by atoms with Gasteiger partial charge in [-0.25, -0.2) is 0 Å². The maximum atomic E-state index is 3.50. The topological polar surface area (TPSA) is 12.0 Å². The van der Waals surface area contributed by atoms with E-state index in [0.717, 1.165) is 6.54 Å². The molecule has 0 aromatic heterocycles. The second kappa shape index (κ2) is 10.4. The second-order valence-electron chi connectivity index (χ2n) is 3.64. The molecule has 0 fully saturated rings. The molecule has 0 spiro atoms. The van der Waals surface area contributed by atoms with Crippen molar-refractivity contribution < 1.29 is 0 Å². The van der Waals surface area contributed by atoms with Crippen LogP contribution in [0.3, 0.4) is 0 Å². The van der Waals surface area contributed by atoms with Crippen molar-refractivity contribution in [3.05, 3.63) is 0 Å². The quantitative estimate of drug-likeness (QED) is 0.577. The van der Waals surface area contributed by atoms with E-state index in [-0.39, 0.29) is 0 Å². The molecule has 1 N–H and O–H groups in total. The fraction of sp³-hybridized carbons (Fsp3) is 1.00. The van der Waals surface area contributed by atoms with Gasteiger partial charge in [0.25, 0.3) is 0 Å². The Morgan fingerprint density at radius 1 is 1.15 bits per heavy atom. The Kier molecular flexibility index (Phi) is 10.6. The van der Waals surface area contributed by atoms with Crippen molar-refractivity contribution in [2.24, 2.45) is 0 Å². The standard InChI is InChI=1S/C11H25NS/c1-4-6-7-9-13-10-11(3)12-8-5-2/h11-12H,4-10H2,1-3H3. The monoisotopic (exact) mass is 203 g/mol. The third-order valence-electron chi connectivity index (χ3n) is 2.00. The first-order valence-electron chi connectivity index (χ1n) is 5.62. The van der Waals surface area contributed by atoms with Crippen LogP contribution in [0.1, 0.15) is 46.5 Å². The molecule has 0 radical (unpaired) electrons. The maximum Gasteiger partial charge on any atom is 0.0129 e. The molecule has 1 atom stereocenters. The lowest BCUT2D eigenvalue weighted by molar-refractivity contribution is 0.590. The Balaban J connectivity index is 3.03. The lowest BCUT2D eigenvalue weighted by atomic mass is 10.3. The smallest absolute Gasteiger partial charge is 0.0129 e. The van der Waals surface area contributed by atoms with Crippen LogP contribution in [0.4, 0.5) is 0 Å². The minimum absolute atomic E-state index is 0.687. The lowest BCUT2D eigenvalue weighted by Gasteiger charge is -2.12. The molecule has 0 aliphatic rings. The predicted octanol–water partition coefficient (Wildman–Crippen LogP) is 3.30. The highest BCUT2D eigenvalue weighted by Crippen LogP contribution is 2.07. The fourth-order valence-corrected chi connectivity index (χ4v) is 2.21. The van der Waals surface area contributed by atoms with E-state index >= 15 is 0 Å². The molecule has 0 aromatic carbocycles. The van der Waals surface area contributed by atoms with Gasteiger partial charge in [-0.15, -0.1) is 0 Å². The summed E-state index contributed by atoms with van der Waals surface area (Å²) < 4.78 is 0. The molecule has 1 nitrogen and oxygen atoms in total. The molecule has 0 aromatic rings. The zero-order chi connectivity index (χ0) is 9.94. The molecule has 0 aliphatic heterocycles. The molecule has 13 heavy (non-hydrogen) atoms. The van der Waals surface area contributed by atoms with E-state index in [4.69, 9.17) is 0 Å². The van der Waals surface area contributed by atoms with Crippen molar-refractivity contribution in [1.82, 2.24) is 5.32 Å². The summed E-state index contributed by atoms with van der Waals surface area (Å²) >= 11 is 2.09. The average Bonchev–Trinajstić information content (AvgIpc) is 2.14. The van der Waals surface area contributed by atoms with Crippen molar-refractivity contribution in [3.63, 3.8) is 0 Å². The number of rotatable bonds is 9. The summed E-state index contributed by atoms with van der Waals surface area (Å²) in [6.45, 7) is 7.92. The number of unbranched alkanes of at least 4 members (excludes halogenated alkanes) is 2. The molecule has 80 valence electrons. The molecule has 1 unspecified atom stereocenters. The van der Waals surface area contributed by atoms with Crippen LogP contribution in [0.25, 0.3) is 0 Å². The summed E-state index contributed by atoms with van der Waals surface area (Å²) in [6.07, 6.45) is 5.36. The normalized spacial score (nSPS) is 13.2. The summed E-state index contributed by atoms with van der Waals surface area (Å²) in [5.41, 5.74) is 0. The molecule has 0 rings (SSSR count). The first-order valence-corrected chi connectivity index (χ1v) is 6.77. The minimum atomic E-state index is 0.687. The summed E-state index contributed by atoms with van der Waals surface area (Å²) in [6, 6.07) is 0.687. The van der Waals surface area contributed by atoms with E-state index in [2.05, 4.69) is 37.8 Å². The SMILES string of the molecule is CCCCCSCC(C)NCCC. The van der Waals surface area contributed by atoms with E-state index in [1.807, 2.05) is 0 Å². The van der Waals surface area contributed by atoms with Crippen molar-refractivity contribution in [3.8, 4) is 0 Å². The number of hydrogen-bond donors (Lipinski definition) is 1. The van der Waals surface area contributed by atoms with Gasteiger partial charge < -0.3 is 5.32 Å². The molecule has 0 saturated heterocycles. The highest BCUT2D eigenvalue weighted by Gasteiger charge is 1.99. The van der Waals surface area contributed by atoms with Crippen LogP contribution >= 0.6 is 11.8 Å². The Hall–Kier alpha value is 0.310. The largest absolute Gasteiger partial charge is 0.313 e. The van der Waals surface area contributed by atoms with Gasteiger partial charge in [-0.05, 0) is 32.1 Å². The third-order valence-corrected chi connectivity index (χ3v) is 3.32. The number of nitrogens with one attached hydrogen (secondary N) is 1. The minimum Gasteiger partial charge on any atom is -0.313 e. The molecule has 0 heterocycles. The third kappa shape index (κ3) is 10.2. The van der Waals surface area contributed by atoms with E-state index in [1.54, 1.807) is 0 Å². The van der Waals surface area contributed by atoms with Gasteiger partial charge in [-0.3, -0.25) is 0 Å².